The van der Waals surface area contributed by atoms with Crippen molar-refractivity contribution in [1.82, 2.24) is 4.90 Å². The quantitative estimate of drug-likeness (QED) is 0.857. The molecule has 0 spiro atoms. The average Bonchev–Trinajstić information content (AvgIpc) is 2.68. The average molecular weight is 231 g/mol. The van der Waals surface area contributed by atoms with Crippen LogP contribution in [0.15, 0.2) is 30.3 Å². The Morgan fingerprint density at radius 3 is 2.88 bits per heavy atom. The molecule has 0 unspecified atom stereocenters. The largest absolute Gasteiger partial charge is 0.327 e. The third-order valence-corrected chi connectivity index (χ3v) is 2.84. The molecule has 0 saturated carbocycles. The van der Waals surface area contributed by atoms with E-state index in [1.165, 1.54) is 0 Å². The number of carbonyl (C=O) groups is 1. The van der Waals surface area contributed by atoms with Crippen molar-refractivity contribution in [3.63, 3.8) is 0 Å². The van der Waals surface area contributed by atoms with Gasteiger partial charge in [0.2, 0.25) is 0 Å². The summed E-state index contributed by atoms with van der Waals surface area (Å²) in [5.41, 5.74) is 7.43. The maximum Gasteiger partial charge on any atom is 0.324 e. The number of likely N-dealkylation sites (N-methyl/N-ethyl adjacent to an activating group) is 1. The Hall–Kier alpha value is -1.81. The Labute approximate surface area is 101 Å². The molecule has 2 N–H and O–H groups in total. The Morgan fingerprint density at radius 1 is 1.41 bits per heavy atom. The highest BCUT2D eigenvalue weighted by molar-refractivity contribution is 5.94. The summed E-state index contributed by atoms with van der Waals surface area (Å²) in [4.78, 5) is 15.4. The fraction of sp³-hybridized carbons (Fsp3) is 0.308. The number of benzene rings is 1. The van der Waals surface area contributed by atoms with Crippen LogP contribution in [0.4, 0.5) is 10.5 Å². The third-order valence-electron chi connectivity index (χ3n) is 2.84. The van der Waals surface area contributed by atoms with Gasteiger partial charge in [-0.15, -0.1) is 0 Å². The summed E-state index contributed by atoms with van der Waals surface area (Å²) in [5, 5.41) is 0. The minimum absolute atomic E-state index is 0.0601. The first-order valence-corrected chi connectivity index (χ1v) is 5.71. The molecule has 0 radical (unpaired) electrons. The maximum atomic E-state index is 11.8. The minimum Gasteiger partial charge on any atom is -0.327 e. The first-order chi connectivity index (χ1) is 8.22. The van der Waals surface area contributed by atoms with E-state index in [-0.39, 0.29) is 6.03 Å². The van der Waals surface area contributed by atoms with E-state index in [9.17, 15) is 4.79 Å². The highest BCUT2D eigenvalue weighted by Crippen LogP contribution is 2.21. The lowest BCUT2D eigenvalue weighted by Crippen LogP contribution is -2.29. The van der Waals surface area contributed by atoms with Gasteiger partial charge in [-0.3, -0.25) is 4.90 Å². The van der Waals surface area contributed by atoms with Gasteiger partial charge in [-0.1, -0.05) is 24.3 Å². The lowest BCUT2D eigenvalue weighted by molar-refractivity contribution is 0.229. The van der Waals surface area contributed by atoms with Gasteiger partial charge in [-0.05, 0) is 17.7 Å². The Balaban J connectivity index is 2.22. The Kier molecular flexibility index (Phi) is 3.44. The normalized spacial score (nSPS) is 16.2. The number of urea groups is 1. The summed E-state index contributed by atoms with van der Waals surface area (Å²) >= 11 is 0. The van der Waals surface area contributed by atoms with Crippen LogP contribution in [0.3, 0.4) is 0 Å². The molecule has 1 heterocycles. The van der Waals surface area contributed by atoms with Crippen LogP contribution in [0.2, 0.25) is 0 Å². The van der Waals surface area contributed by atoms with Gasteiger partial charge in [0.05, 0.1) is 0 Å². The van der Waals surface area contributed by atoms with Crippen molar-refractivity contribution < 1.29 is 4.79 Å². The molecule has 0 atom stereocenters. The van der Waals surface area contributed by atoms with Crippen LogP contribution in [-0.2, 0) is 0 Å². The summed E-state index contributed by atoms with van der Waals surface area (Å²) in [6.07, 6.45) is 3.87. The molecule has 1 fully saturated rings. The van der Waals surface area contributed by atoms with Crippen LogP contribution < -0.4 is 10.6 Å². The predicted octanol–water partition coefficient (Wildman–Crippen LogP) is 1.53. The highest BCUT2D eigenvalue weighted by atomic mass is 16.2. The molecule has 0 aliphatic carbocycles. The molecule has 0 aromatic heterocycles. The lowest BCUT2D eigenvalue weighted by atomic mass is 10.2. The van der Waals surface area contributed by atoms with Crippen molar-refractivity contribution >= 4 is 17.8 Å². The van der Waals surface area contributed by atoms with Gasteiger partial charge < -0.3 is 10.6 Å². The second-order valence-electron chi connectivity index (χ2n) is 4.09. The Morgan fingerprint density at radius 2 is 2.24 bits per heavy atom. The summed E-state index contributed by atoms with van der Waals surface area (Å²) in [6, 6.07) is 7.97. The zero-order chi connectivity index (χ0) is 12.3. The molecule has 4 nitrogen and oxygen atoms in total. The van der Waals surface area contributed by atoms with E-state index in [1.807, 2.05) is 43.5 Å². The van der Waals surface area contributed by atoms with Crippen molar-refractivity contribution in [2.24, 2.45) is 5.73 Å². The number of carbonyl (C=O) groups excluding carboxylic acids is 1. The van der Waals surface area contributed by atoms with Gasteiger partial charge in [0.15, 0.2) is 0 Å². The molecular weight excluding hydrogens is 214 g/mol. The fourth-order valence-electron chi connectivity index (χ4n) is 1.89. The molecule has 2 rings (SSSR count). The van der Waals surface area contributed by atoms with Gasteiger partial charge in [0.1, 0.15) is 0 Å². The summed E-state index contributed by atoms with van der Waals surface area (Å²) in [6.45, 7) is 2.05. The summed E-state index contributed by atoms with van der Waals surface area (Å²) in [5.74, 6) is 0. The van der Waals surface area contributed by atoms with E-state index in [4.69, 9.17) is 5.73 Å². The van der Waals surface area contributed by atoms with Crippen LogP contribution in [0.5, 0.6) is 0 Å². The van der Waals surface area contributed by atoms with Gasteiger partial charge in [0.25, 0.3) is 0 Å². The summed E-state index contributed by atoms with van der Waals surface area (Å²) < 4.78 is 0. The van der Waals surface area contributed by atoms with Crippen molar-refractivity contribution in [3.05, 3.63) is 35.9 Å². The van der Waals surface area contributed by atoms with E-state index >= 15 is 0 Å². The number of hydrogen-bond acceptors (Lipinski definition) is 2. The molecule has 4 heteroatoms. The van der Waals surface area contributed by atoms with Crippen LogP contribution >= 0.6 is 0 Å². The van der Waals surface area contributed by atoms with Crippen molar-refractivity contribution in [2.75, 3.05) is 31.6 Å². The van der Waals surface area contributed by atoms with Gasteiger partial charge in [0, 0.05) is 32.4 Å². The molecule has 1 aromatic rings. The van der Waals surface area contributed by atoms with Crippen molar-refractivity contribution in [3.8, 4) is 0 Å². The Bertz CT molecular complexity index is 442. The third kappa shape index (κ3) is 2.47. The molecule has 1 saturated heterocycles. The SMILES string of the molecule is CN1CCN(c2cccc(/C=C/CN)c2)C1=O. The topological polar surface area (TPSA) is 49.6 Å². The number of anilines is 1. The molecule has 2 amide bonds. The number of nitrogens with two attached hydrogens (primary N) is 1. The maximum absolute atomic E-state index is 11.8. The van der Waals surface area contributed by atoms with E-state index in [1.54, 1.807) is 9.80 Å². The van der Waals surface area contributed by atoms with Crippen molar-refractivity contribution in [1.29, 1.82) is 0 Å². The first-order valence-electron chi connectivity index (χ1n) is 5.71. The lowest BCUT2D eigenvalue weighted by Gasteiger charge is -2.16. The number of amides is 2. The minimum atomic E-state index is 0.0601. The van der Waals surface area contributed by atoms with Crippen LogP contribution in [0.1, 0.15) is 5.56 Å². The van der Waals surface area contributed by atoms with Crippen molar-refractivity contribution in [2.45, 2.75) is 0 Å². The molecular formula is C13H17N3O. The molecule has 1 aliphatic heterocycles. The van der Waals surface area contributed by atoms with Gasteiger partial charge in [-0.2, -0.15) is 0 Å². The summed E-state index contributed by atoms with van der Waals surface area (Å²) in [7, 11) is 1.82. The molecule has 1 aromatic carbocycles. The second kappa shape index (κ2) is 5.01. The fourth-order valence-corrected chi connectivity index (χ4v) is 1.89. The zero-order valence-corrected chi connectivity index (χ0v) is 9.97. The second-order valence-corrected chi connectivity index (χ2v) is 4.09. The number of hydrogen-bond donors (Lipinski definition) is 1. The molecule has 17 heavy (non-hydrogen) atoms. The van der Waals surface area contributed by atoms with E-state index in [2.05, 4.69) is 0 Å². The van der Waals surface area contributed by atoms with Crippen LogP contribution in [0, 0.1) is 0 Å². The van der Waals surface area contributed by atoms with Crippen LogP contribution in [-0.4, -0.2) is 37.6 Å². The first kappa shape index (κ1) is 11.7. The monoisotopic (exact) mass is 231 g/mol. The van der Waals surface area contributed by atoms with Gasteiger partial charge >= 0.3 is 6.03 Å². The van der Waals surface area contributed by atoms with Crippen LogP contribution in [0.25, 0.3) is 6.08 Å². The smallest absolute Gasteiger partial charge is 0.324 e. The van der Waals surface area contributed by atoms with E-state index in [0.29, 0.717) is 6.54 Å². The highest BCUT2D eigenvalue weighted by Gasteiger charge is 2.26. The number of nitrogens with zero attached hydrogens (tertiary/aromatic N) is 2. The molecule has 90 valence electrons. The van der Waals surface area contributed by atoms with E-state index < -0.39 is 0 Å². The number of rotatable bonds is 3. The molecule has 0 bridgehead atoms. The molecule has 1 aliphatic rings. The predicted molar refractivity (Wildman–Crippen MR) is 69.9 cm³/mol. The van der Waals surface area contributed by atoms with E-state index in [0.717, 1.165) is 24.3 Å². The standard InChI is InChI=1S/C13H17N3O/c1-15-8-9-16(13(15)17)12-6-2-4-11(10-12)5-3-7-14/h2-6,10H,7-9,14H2,1H3/b5-3+. The van der Waals surface area contributed by atoms with Gasteiger partial charge in [-0.25, -0.2) is 4.79 Å². The zero-order valence-electron chi connectivity index (χ0n) is 9.97.